The van der Waals surface area contributed by atoms with Crippen LogP contribution in [0.3, 0.4) is 0 Å². The van der Waals surface area contributed by atoms with Crippen LogP contribution in [-0.2, 0) is 39.1 Å². The van der Waals surface area contributed by atoms with E-state index in [1.807, 2.05) is 6.07 Å². The van der Waals surface area contributed by atoms with Crippen LogP contribution in [0.2, 0.25) is 0 Å². The van der Waals surface area contributed by atoms with E-state index in [9.17, 15) is 22.4 Å². The minimum absolute atomic E-state index is 0.0660. The Labute approximate surface area is 200 Å². The molecule has 1 atom stereocenters. The maximum Gasteiger partial charge on any atom is 0.325 e. The first-order valence-corrected chi connectivity index (χ1v) is 12.3. The number of hydrogen-bond donors (Lipinski definition) is 0. The molecule has 10 heteroatoms. The van der Waals surface area contributed by atoms with E-state index in [-0.39, 0.29) is 30.8 Å². The van der Waals surface area contributed by atoms with Crippen LogP contribution in [0.5, 0.6) is 0 Å². The van der Waals surface area contributed by atoms with Crippen molar-refractivity contribution in [3.63, 3.8) is 0 Å². The minimum Gasteiger partial charge on any atom is -0.458 e. The van der Waals surface area contributed by atoms with Crippen LogP contribution in [-0.4, -0.2) is 34.1 Å². The van der Waals surface area contributed by atoms with Crippen LogP contribution in [0.25, 0.3) is 5.65 Å². The van der Waals surface area contributed by atoms with Crippen molar-refractivity contribution < 1.29 is 22.3 Å². The number of rotatable bonds is 5. The molecule has 1 aliphatic rings. The van der Waals surface area contributed by atoms with Crippen molar-refractivity contribution in [3.05, 3.63) is 112 Å². The summed E-state index contributed by atoms with van der Waals surface area (Å²) >= 11 is 0. The van der Waals surface area contributed by atoms with E-state index < -0.39 is 32.7 Å². The van der Waals surface area contributed by atoms with Gasteiger partial charge in [-0.15, -0.1) is 0 Å². The molecule has 0 radical (unpaired) electrons. The van der Waals surface area contributed by atoms with E-state index in [1.54, 1.807) is 42.6 Å². The molecule has 0 saturated heterocycles. The van der Waals surface area contributed by atoms with E-state index in [2.05, 4.69) is 4.98 Å². The third-order valence-corrected chi connectivity index (χ3v) is 7.78. The first-order valence-electron chi connectivity index (χ1n) is 10.8. The van der Waals surface area contributed by atoms with Gasteiger partial charge in [-0.25, -0.2) is 17.8 Å². The molecule has 0 fully saturated rings. The Morgan fingerprint density at radius 3 is 2.54 bits per heavy atom. The van der Waals surface area contributed by atoms with Gasteiger partial charge in [0.15, 0.2) is 0 Å². The summed E-state index contributed by atoms with van der Waals surface area (Å²) in [6.45, 7) is -0.423. The molecule has 35 heavy (non-hydrogen) atoms. The molecule has 4 aromatic rings. The third-order valence-electron chi connectivity index (χ3n) is 5.89. The lowest BCUT2D eigenvalue weighted by molar-refractivity contribution is -0.150. The fourth-order valence-electron chi connectivity index (χ4n) is 4.15. The summed E-state index contributed by atoms with van der Waals surface area (Å²) in [4.78, 5) is 29.3. The van der Waals surface area contributed by atoms with Gasteiger partial charge in [-0.1, -0.05) is 42.5 Å². The molecule has 0 spiro atoms. The standard InChI is InChI=1S/C25H20FN3O5S/c26-20-9-3-4-10-22(20)35(32,33)29-15-18-8-2-1-7-17(18)13-21(29)25(31)34-16-19-14-24(30)28-12-6-5-11-23(28)27-19/h1-12,14,21H,13,15-16H2/t21-/m1/s1. The highest BCUT2D eigenvalue weighted by atomic mass is 32.2. The van der Waals surface area contributed by atoms with Gasteiger partial charge in [-0.05, 0) is 35.4 Å². The van der Waals surface area contributed by atoms with Crippen molar-refractivity contribution in [3.8, 4) is 0 Å². The van der Waals surface area contributed by atoms with Crippen molar-refractivity contribution in [2.45, 2.75) is 30.5 Å². The second kappa shape index (κ2) is 9.05. The molecule has 0 unspecified atom stereocenters. The van der Waals surface area contributed by atoms with E-state index >= 15 is 0 Å². The van der Waals surface area contributed by atoms with Gasteiger partial charge < -0.3 is 4.74 Å². The summed E-state index contributed by atoms with van der Waals surface area (Å²) < 4.78 is 49.0. The first-order chi connectivity index (χ1) is 16.8. The average Bonchev–Trinajstić information content (AvgIpc) is 2.86. The summed E-state index contributed by atoms with van der Waals surface area (Å²) in [7, 11) is -4.36. The van der Waals surface area contributed by atoms with Crippen molar-refractivity contribution >= 4 is 21.6 Å². The molecule has 5 rings (SSSR count). The van der Waals surface area contributed by atoms with Gasteiger partial charge >= 0.3 is 5.97 Å². The Morgan fingerprint density at radius 1 is 1.03 bits per heavy atom. The highest BCUT2D eigenvalue weighted by Gasteiger charge is 2.41. The zero-order valence-electron chi connectivity index (χ0n) is 18.4. The van der Waals surface area contributed by atoms with Crippen molar-refractivity contribution in [1.29, 1.82) is 0 Å². The Kier molecular flexibility index (Phi) is 5.91. The maximum absolute atomic E-state index is 14.4. The number of carbonyl (C=O) groups excluding carboxylic acids is 1. The average molecular weight is 494 g/mol. The molecule has 0 aliphatic carbocycles. The topological polar surface area (TPSA) is 98.1 Å². The second-order valence-corrected chi connectivity index (χ2v) is 9.95. The summed E-state index contributed by atoms with van der Waals surface area (Å²) in [6, 6.07) is 17.3. The highest BCUT2D eigenvalue weighted by molar-refractivity contribution is 7.89. The van der Waals surface area contributed by atoms with Crippen molar-refractivity contribution in [1.82, 2.24) is 13.7 Å². The van der Waals surface area contributed by atoms with Crippen LogP contribution in [0.4, 0.5) is 4.39 Å². The number of esters is 1. The Hall–Kier alpha value is -3.89. The quantitative estimate of drug-likeness (QED) is 0.397. The zero-order valence-corrected chi connectivity index (χ0v) is 19.2. The van der Waals surface area contributed by atoms with Crippen molar-refractivity contribution in [2.24, 2.45) is 0 Å². The van der Waals surface area contributed by atoms with E-state index in [0.717, 1.165) is 21.5 Å². The SMILES string of the molecule is O=C(OCc1cc(=O)n2ccccc2n1)[C@H]1Cc2ccccc2CN1S(=O)(=O)c1ccccc1F. The second-order valence-electron chi connectivity index (χ2n) is 8.09. The largest absolute Gasteiger partial charge is 0.458 e. The van der Waals surface area contributed by atoms with Gasteiger partial charge in [0.2, 0.25) is 10.0 Å². The molecule has 3 heterocycles. The Morgan fingerprint density at radius 2 is 1.74 bits per heavy atom. The maximum atomic E-state index is 14.4. The van der Waals surface area contributed by atoms with Crippen LogP contribution < -0.4 is 5.56 Å². The predicted octanol–water partition coefficient (Wildman–Crippen LogP) is 2.69. The molecule has 0 amide bonds. The van der Waals surface area contributed by atoms with Gasteiger partial charge in [0.05, 0.1) is 5.69 Å². The van der Waals surface area contributed by atoms with Crippen LogP contribution in [0.15, 0.2) is 88.7 Å². The molecule has 8 nitrogen and oxygen atoms in total. The molecular formula is C25H20FN3O5S. The predicted molar refractivity (Wildman–Crippen MR) is 124 cm³/mol. The van der Waals surface area contributed by atoms with Crippen LogP contribution >= 0.6 is 0 Å². The number of pyridine rings is 1. The summed E-state index contributed by atoms with van der Waals surface area (Å²) in [5.74, 6) is -1.71. The number of sulfonamides is 1. The van der Waals surface area contributed by atoms with E-state index in [0.29, 0.717) is 5.65 Å². The molecule has 2 aromatic carbocycles. The van der Waals surface area contributed by atoms with E-state index in [4.69, 9.17) is 4.74 Å². The van der Waals surface area contributed by atoms with Crippen LogP contribution in [0, 0.1) is 5.82 Å². The summed E-state index contributed by atoms with van der Waals surface area (Å²) in [5, 5.41) is 0. The number of benzene rings is 2. The lowest BCUT2D eigenvalue weighted by Gasteiger charge is -2.34. The number of aromatic nitrogens is 2. The number of carbonyl (C=O) groups is 1. The first kappa shape index (κ1) is 22.9. The minimum atomic E-state index is -4.36. The highest BCUT2D eigenvalue weighted by Crippen LogP contribution is 2.30. The lowest BCUT2D eigenvalue weighted by Crippen LogP contribution is -2.49. The van der Waals surface area contributed by atoms with Gasteiger partial charge in [0.25, 0.3) is 5.56 Å². The van der Waals surface area contributed by atoms with Gasteiger partial charge in [0.1, 0.15) is 29.0 Å². The zero-order chi connectivity index (χ0) is 24.6. The van der Waals surface area contributed by atoms with E-state index in [1.165, 1.54) is 28.7 Å². The lowest BCUT2D eigenvalue weighted by atomic mass is 9.96. The fourth-order valence-corrected chi connectivity index (χ4v) is 5.77. The molecule has 0 N–H and O–H groups in total. The number of hydrogen-bond acceptors (Lipinski definition) is 6. The Bertz CT molecular complexity index is 1600. The number of fused-ring (bicyclic) bond motifs is 2. The smallest absolute Gasteiger partial charge is 0.325 e. The molecule has 178 valence electrons. The fraction of sp³-hybridized carbons (Fsp3) is 0.160. The summed E-state index contributed by atoms with van der Waals surface area (Å²) in [5.41, 5.74) is 1.81. The normalized spacial score (nSPS) is 16.1. The monoisotopic (exact) mass is 493 g/mol. The summed E-state index contributed by atoms with van der Waals surface area (Å²) in [6.07, 6.45) is 1.64. The van der Waals surface area contributed by atoms with Crippen molar-refractivity contribution in [2.75, 3.05) is 0 Å². The number of halogens is 1. The van der Waals surface area contributed by atoms with Crippen LogP contribution in [0.1, 0.15) is 16.8 Å². The molecule has 2 aromatic heterocycles. The number of nitrogens with zero attached hydrogens (tertiary/aromatic N) is 3. The van der Waals surface area contributed by atoms with Gasteiger partial charge in [-0.2, -0.15) is 4.31 Å². The van der Waals surface area contributed by atoms with Gasteiger partial charge in [-0.3, -0.25) is 14.0 Å². The molecule has 1 aliphatic heterocycles. The molecule has 0 saturated carbocycles. The molecule has 0 bridgehead atoms. The third kappa shape index (κ3) is 4.33. The molecular weight excluding hydrogens is 473 g/mol. The number of ether oxygens (including phenoxy) is 1. The van der Waals surface area contributed by atoms with Gasteiger partial charge in [0, 0.05) is 25.2 Å². The Balaban J connectivity index is 1.45.